The van der Waals surface area contributed by atoms with E-state index in [4.69, 9.17) is 5.73 Å². The lowest BCUT2D eigenvalue weighted by Gasteiger charge is -2.19. The second-order valence-electron chi connectivity index (χ2n) is 4.36. The van der Waals surface area contributed by atoms with Gasteiger partial charge in [-0.05, 0) is 30.3 Å². The van der Waals surface area contributed by atoms with Crippen LogP contribution >= 0.6 is 11.3 Å². The molecule has 1 aromatic rings. The van der Waals surface area contributed by atoms with E-state index in [9.17, 15) is 4.79 Å². The van der Waals surface area contributed by atoms with Crippen LogP contribution in [0.3, 0.4) is 0 Å². The van der Waals surface area contributed by atoms with Crippen molar-refractivity contribution in [2.45, 2.75) is 26.2 Å². The lowest BCUT2D eigenvalue weighted by Crippen LogP contribution is -2.31. The Morgan fingerprint density at radius 3 is 2.88 bits per heavy atom. The van der Waals surface area contributed by atoms with Crippen molar-refractivity contribution in [1.82, 2.24) is 4.90 Å². The maximum Gasteiger partial charge on any atom is 0.222 e. The molecule has 3 nitrogen and oxygen atoms in total. The maximum absolute atomic E-state index is 11.9. The van der Waals surface area contributed by atoms with Gasteiger partial charge in [0.2, 0.25) is 5.91 Å². The monoisotopic (exact) mass is 254 g/mol. The smallest absolute Gasteiger partial charge is 0.222 e. The van der Waals surface area contributed by atoms with Crippen molar-refractivity contribution in [1.29, 1.82) is 0 Å². The van der Waals surface area contributed by atoms with E-state index in [1.54, 1.807) is 11.3 Å². The van der Waals surface area contributed by atoms with Crippen molar-refractivity contribution in [2.24, 2.45) is 11.7 Å². The van der Waals surface area contributed by atoms with Gasteiger partial charge in [0, 0.05) is 24.9 Å². The van der Waals surface area contributed by atoms with E-state index in [0.717, 1.165) is 19.4 Å². The van der Waals surface area contributed by atoms with Crippen LogP contribution in [0, 0.1) is 5.92 Å². The summed E-state index contributed by atoms with van der Waals surface area (Å²) in [5.41, 5.74) is 5.61. The zero-order valence-corrected chi connectivity index (χ0v) is 11.5. The third-order valence-corrected chi connectivity index (χ3v) is 4.01. The Labute approximate surface area is 108 Å². The van der Waals surface area contributed by atoms with Crippen molar-refractivity contribution in [3.05, 3.63) is 22.4 Å². The highest BCUT2D eigenvalue weighted by Gasteiger charge is 2.14. The molecule has 0 bridgehead atoms. The molecule has 1 amide bonds. The lowest BCUT2D eigenvalue weighted by atomic mass is 10.0. The van der Waals surface area contributed by atoms with E-state index in [1.165, 1.54) is 4.88 Å². The standard InChI is InChI=1S/C13H22N2OS/c1-3-11(10-14)9-13(16)15(2)7-6-12-5-4-8-17-12/h4-5,8,11H,3,6-7,9-10,14H2,1-2H3. The number of amides is 1. The van der Waals surface area contributed by atoms with Crippen LogP contribution < -0.4 is 5.73 Å². The fourth-order valence-corrected chi connectivity index (χ4v) is 2.35. The average molecular weight is 254 g/mol. The van der Waals surface area contributed by atoms with Crippen molar-refractivity contribution >= 4 is 17.2 Å². The Kier molecular flexibility index (Phi) is 6.22. The summed E-state index contributed by atoms with van der Waals surface area (Å²) in [4.78, 5) is 15.1. The van der Waals surface area contributed by atoms with Crippen molar-refractivity contribution in [3.63, 3.8) is 0 Å². The SMILES string of the molecule is CCC(CN)CC(=O)N(C)CCc1cccs1. The number of carbonyl (C=O) groups is 1. The Hall–Kier alpha value is -0.870. The molecule has 17 heavy (non-hydrogen) atoms. The summed E-state index contributed by atoms with van der Waals surface area (Å²) in [6, 6.07) is 4.15. The Bertz CT molecular complexity index is 320. The van der Waals surface area contributed by atoms with E-state index in [2.05, 4.69) is 18.4 Å². The van der Waals surface area contributed by atoms with Crippen LogP contribution in [-0.4, -0.2) is 30.9 Å². The van der Waals surface area contributed by atoms with Gasteiger partial charge in [-0.15, -0.1) is 11.3 Å². The number of thiophene rings is 1. The Balaban J connectivity index is 2.31. The van der Waals surface area contributed by atoms with E-state index in [1.807, 2.05) is 18.0 Å². The summed E-state index contributed by atoms with van der Waals surface area (Å²) < 4.78 is 0. The van der Waals surface area contributed by atoms with Crippen LogP contribution in [0.25, 0.3) is 0 Å². The van der Waals surface area contributed by atoms with Gasteiger partial charge < -0.3 is 10.6 Å². The molecule has 96 valence electrons. The molecule has 0 saturated carbocycles. The number of carbonyl (C=O) groups excluding carboxylic acids is 1. The molecule has 1 atom stereocenters. The van der Waals surface area contributed by atoms with Crippen LogP contribution in [0.15, 0.2) is 17.5 Å². The average Bonchev–Trinajstić information content (AvgIpc) is 2.85. The maximum atomic E-state index is 11.9. The van der Waals surface area contributed by atoms with Crippen molar-refractivity contribution in [2.75, 3.05) is 20.1 Å². The second kappa shape index (κ2) is 7.45. The number of hydrogen-bond acceptors (Lipinski definition) is 3. The van der Waals surface area contributed by atoms with Crippen LogP contribution in [0.5, 0.6) is 0 Å². The van der Waals surface area contributed by atoms with Gasteiger partial charge in [-0.25, -0.2) is 0 Å². The molecule has 1 heterocycles. The fraction of sp³-hybridized carbons (Fsp3) is 0.615. The van der Waals surface area contributed by atoms with E-state index < -0.39 is 0 Å². The zero-order chi connectivity index (χ0) is 12.7. The van der Waals surface area contributed by atoms with Crippen LogP contribution in [0.2, 0.25) is 0 Å². The van der Waals surface area contributed by atoms with Gasteiger partial charge in [0.05, 0.1) is 0 Å². The summed E-state index contributed by atoms with van der Waals surface area (Å²) in [5, 5.41) is 2.07. The molecule has 2 N–H and O–H groups in total. The topological polar surface area (TPSA) is 46.3 Å². The third kappa shape index (κ3) is 4.88. The zero-order valence-electron chi connectivity index (χ0n) is 10.7. The van der Waals surface area contributed by atoms with Crippen LogP contribution in [0.4, 0.5) is 0 Å². The molecule has 0 aliphatic heterocycles. The van der Waals surface area contributed by atoms with Gasteiger partial charge in [-0.2, -0.15) is 0 Å². The minimum atomic E-state index is 0.207. The Morgan fingerprint density at radius 2 is 2.35 bits per heavy atom. The predicted octanol–water partition coefficient (Wildman–Crippen LogP) is 2.12. The van der Waals surface area contributed by atoms with Crippen LogP contribution in [-0.2, 0) is 11.2 Å². The van der Waals surface area contributed by atoms with Gasteiger partial charge in [-0.1, -0.05) is 19.4 Å². The first-order chi connectivity index (χ1) is 8.17. The highest BCUT2D eigenvalue weighted by molar-refractivity contribution is 7.09. The molecule has 0 aromatic carbocycles. The molecule has 1 aromatic heterocycles. The number of nitrogens with two attached hydrogens (primary N) is 1. The van der Waals surface area contributed by atoms with E-state index >= 15 is 0 Å². The Morgan fingerprint density at radius 1 is 1.59 bits per heavy atom. The molecular weight excluding hydrogens is 232 g/mol. The van der Waals surface area contributed by atoms with Gasteiger partial charge in [0.1, 0.15) is 0 Å². The normalized spacial score (nSPS) is 12.4. The number of rotatable bonds is 7. The molecule has 0 radical (unpaired) electrons. The molecule has 0 saturated heterocycles. The van der Waals surface area contributed by atoms with Crippen molar-refractivity contribution < 1.29 is 4.79 Å². The molecule has 0 spiro atoms. The summed E-state index contributed by atoms with van der Waals surface area (Å²) in [6.45, 7) is 3.47. The minimum Gasteiger partial charge on any atom is -0.345 e. The molecule has 0 aliphatic carbocycles. The summed E-state index contributed by atoms with van der Waals surface area (Å²) in [6.07, 6.45) is 2.49. The lowest BCUT2D eigenvalue weighted by molar-refractivity contribution is -0.130. The molecule has 0 aliphatic rings. The first-order valence-corrected chi connectivity index (χ1v) is 7.01. The fourth-order valence-electron chi connectivity index (χ4n) is 1.65. The second-order valence-corrected chi connectivity index (χ2v) is 5.39. The quantitative estimate of drug-likeness (QED) is 0.810. The van der Waals surface area contributed by atoms with Gasteiger partial charge in [0.25, 0.3) is 0 Å². The largest absolute Gasteiger partial charge is 0.345 e. The van der Waals surface area contributed by atoms with E-state index in [0.29, 0.717) is 18.9 Å². The highest BCUT2D eigenvalue weighted by Crippen LogP contribution is 2.11. The minimum absolute atomic E-state index is 0.207. The van der Waals surface area contributed by atoms with E-state index in [-0.39, 0.29) is 5.91 Å². The molecule has 0 fully saturated rings. The van der Waals surface area contributed by atoms with Gasteiger partial charge in [0.15, 0.2) is 0 Å². The number of hydrogen-bond donors (Lipinski definition) is 1. The van der Waals surface area contributed by atoms with Crippen molar-refractivity contribution in [3.8, 4) is 0 Å². The van der Waals surface area contributed by atoms with Gasteiger partial charge in [-0.3, -0.25) is 4.79 Å². The summed E-state index contributed by atoms with van der Waals surface area (Å²) in [5.74, 6) is 0.533. The van der Waals surface area contributed by atoms with Crippen LogP contribution in [0.1, 0.15) is 24.6 Å². The molecule has 1 unspecified atom stereocenters. The molecular formula is C13H22N2OS. The van der Waals surface area contributed by atoms with Gasteiger partial charge >= 0.3 is 0 Å². The molecule has 4 heteroatoms. The molecule has 1 rings (SSSR count). The number of nitrogens with zero attached hydrogens (tertiary/aromatic N) is 1. The number of likely N-dealkylation sites (N-methyl/N-ethyl adjacent to an activating group) is 1. The summed E-state index contributed by atoms with van der Waals surface area (Å²) in [7, 11) is 1.87. The highest BCUT2D eigenvalue weighted by atomic mass is 32.1. The first-order valence-electron chi connectivity index (χ1n) is 6.13. The summed E-state index contributed by atoms with van der Waals surface area (Å²) >= 11 is 1.74. The first kappa shape index (κ1) is 14.2. The third-order valence-electron chi connectivity index (χ3n) is 3.07. The predicted molar refractivity (Wildman–Crippen MR) is 73.1 cm³/mol.